The minimum atomic E-state index is -5.30. The molecule has 0 aromatic heterocycles. The minimum Gasteiger partial charge on any atom is -0.780 e. The van der Waals surface area contributed by atoms with Crippen LogP contribution in [0.15, 0.2) is 48.5 Å². The summed E-state index contributed by atoms with van der Waals surface area (Å²) in [7, 11) is -5.30. The molecule has 1 unspecified atom stereocenters. The molecule has 1 heterocycles. The maximum absolute atomic E-state index is 13.2. The van der Waals surface area contributed by atoms with Crippen LogP contribution in [0.5, 0.6) is 11.5 Å². The summed E-state index contributed by atoms with van der Waals surface area (Å²) < 4.78 is 22.5. The Bertz CT molecular complexity index is 1420. The van der Waals surface area contributed by atoms with Crippen LogP contribution in [0, 0.1) is 13.8 Å². The number of phosphoric ester groups is 1. The first-order valence-corrected chi connectivity index (χ1v) is 13.3. The first-order valence-electron chi connectivity index (χ1n) is 11.8. The number of aromatic hydroxyl groups is 1. The zero-order valence-corrected chi connectivity index (χ0v) is 28.5. The van der Waals surface area contributed by atoms with Crippen LogP contribution >= 0.6 is 7.82 Å². The molecule has 1 aliphatic rings. The summed E-state index contributed by atoms with van der Waals surface area (Å²) in [4.78, 5) is 36.1. The topological polar surface area (TPSA) is 150 Å². The van der Waals surface area contributed by atoms with Gasteiger partial charge in [-0.1, -0.05) is 45.9 Å². The van der Waals surface area contributed by atoms with Crippen molar-refractivity contribution in [3.8, 4) is 11.5 Å². The first kappa shape index (κ1) is 35.9. The van der Waals surface area contributed by atoms with Crippen LogP contribution in [-0.2, 0) is 14.9 Å². The van der Waals surface area contributed by atoms with Crippen molar-refractivity contribution in [1.29, 1.82) is 0 Å². The first-order chi connectivity index (χ1) is 16.8. The molecule has 0 radical (unpaired) electrons. The van der Waals surface area contributed by atoms with E-state index in [1.807, 2.05) is 52.8 Å². The summed E-state index contributed by atoms with van der Waals surface area (Å²) >= 11 is 0. The van der Waals surface area contributed by atoms with E-state index in [1.54, 1.807) is 31.2 Å². The van der Waals surface area contributed by atoms with E-state index in [0.717, 1.165) is 5.56 Å². The van der Waals surface area contributed by atoms with E-state index in [4.69, 9.17) is 9.26 Å². The van der Waals surface area contributed by atoms with Gasteiger partial charge >= 0.3 is 65.1 Å². The van der Waals surface area contributed by atoms with Gasteiger partial charge in [-0.3, -0.25) is 0 Å². The van der Waals surface area contributed by atoms with Crippen LogP contribution in [0.3, 0.4) is 0 Å². The summed E-state index contributed by atoms with van der Waals surface area (Å²) in [6, 6.07) is 13.9. The number of phenols is 1. The number of cyclic esters (lactones) is 1. The summed E-state index contributed by atoms with van der Waals surface area (Å²) in [5, 5.41) is 10.6. The molecule has 3 aromatic rings. The number of esters is 1. The van der Waals surface area contributed by atoms with Crippen LogP contribution in [0.2, 0.25) is 0 Å². The van der Waals surface area contributed by atoms with Crippen molar-refractivity contribution in [2.45, 2.75) is 59.0 Å². The zero-order chi connectivity index (χ0) is 26.6. The fourth-order valence-electron chi connectivity index (χ4n) is 5.04. The Hall–Kier alpha value is -1.16. The quantitative estimate of drug-likeness (QED) is 0.206. The predicted octanol–water partition coefficient (Wildman–Crippen LogP) is -1.89. The molecule has 198 valence electrons. The number of ether oxygens (including phenoxy) is 1. The average Bonchev–Trinajstić information content (AvgIpc) is 3.05. The van der Waals surface area contributed by atoms with Gasteiger partial charge in [0.1, 0.15) is 19.3 Å². The SMILES string of the molecule is Cc1cc(O)c(C(C)C)cc1C1(c2cc(C(C)C)c(OP(=O)([O-])[O-])cc2C)OC(=O)c2ccccc21.O.[Na+].[Na+]. The average molecular weight is 573 g/mol. The Morgan fingerprint density at radius 1 is 0.872 bits per heavy atom. The summed E-state index contributed by atoms with van der Waals surface area (Å²) in [5.41, 5.74) is 3.49. The number of carbonyl (C=O) groups is 1. The summed E-state index contributed by atoms with van der Waals surface area (Å²) in [6.45, 7) is 11.2. The Labute approximate surface area is 273 Å². The van der Waals surface area contributed by atoms with Gasteiger partial charge in [0.15, 0.2) is 5.60 Å². The Morgan fingerprint density at radius 2 is 1.38 bits per heavy atom. The van der Waals surface area contributed by atoms with E-state index in [9.17, 15) is 24.3 Å². The second-order valence-electron chi connectivity index (χ2n) is 9.90. The van der Waals surface area contributed by atoms with Crippen molar-refractivity contribution in [3.05, 3.63) is 93.0 Å². The molecular formula is C28H31Na2O8P. The molecular weight excluding hydrogens is 541 g/mol. The number of rotatable bonds is 6. The van der Waals surface area contributed by atoms with Crippen LogP contribution < -0.4 is 73.4 Å². The van der Waals surface area contributed by atoms with E-state index >= 15 is 0 Å². The molecule has 11 heteroatoms. The van der Waals surface area contributed by atoms with Crippen molar-refractivity contribution in [1.82, 2.24) is 0 Å². The smallest absolute Gasteiger partial charge is 0.780 e. The predicted molar refractivity (Wildman–Crippen MR) is 136 cm³/mol. The largest absolute Gasteiger partial charge is 1.00 e. The molecule has 1 atom stereocenters. The summed E-state index contributed by atoms with van der Waals surface area (Å²) in [5.74, 6) is -0.581. The van der Waals surface area contributed by atoms with Crippen LogP contribution in [0.1, 0.15) is 88.8 Å². The molecule has 0 aliphatic carbocycles. The number of hydrogen-bond donors (Lipinski definition) is 1. The number of hydrogen-bond acceptors (Lipinski definition) is 7. The number of aryl methyl sites for hydroxylation is 2. The molecule has 0 saturated heterocycles. The number of phenolic OH excluding ortho intramolecular Hbond substituents is 1. The monoisotopic (exact) mass is 572 g/mol. The molecule has 8 nitrogen and oxygen atoms in total. The maximum Gasteiger partial charge on any atom is 1.00 e. The van der Waals surface area contributed by atoms with Gasteiger partial charge in [-0.2, -0.15) is 0 Å². The zero-order valence-electron chi connectivity index (χ0n) is 23.6. The normalized spacial score (nSPS) is 16.1. The molecule has 39 heavy (non-hydrogen) atoms. The fourth-order valence-corrected chi connectivity index (χ4v) is 5.44. The van der Waals surface area contributed by atoms with Crippen molar-refractivity contribution in [3.63, 3.8) is 0 Å². The number of carbonyl (C=O) groups excluding carboxylic acids is 1. The van der Waals surface area contributed by atoms with Crippen molar-refractivity contribution >= 4 is 13.8 Å². The van der Waals surface area contributed by atoms with Crippen LogP contribution in [0.4, 0.5) is 0 Å². The fraction of sp³-hybridized carbons (Fsp3) is 0.321. The van der Waals surface area contributed by atoms with E-state index in [0.29, 0.717) is 38.9 Å². The molecule has 3 N–H and O–H groups in total. The molecule has 0 bridgehead atoms. The molecule has 0 fully saturated rings. The molecule has 3 aromatic carbocycles. The van der Waals surface area contributed by atoms with E-state index in [-0.39, 0.29) is 87.9 Å². The van der Waals surface area contributed by atoms with Crippen LogP contribution in [0.25, 0.3) is 0 Å². The van der Waals surface area contributed by atoms with Gasteiger partial charge in [-0.05, 0) is 78.3 Å². The third-order valence-corrected chi connectivity index (χ3v) is 7.14. The van der Waals surface area contributed by atoms with Gasteiger partial charge in [-0.25, -0.2) is 4.79 Å². The molecule has 1 aliphatic heterocycles. The third kappa shape index (κ3) is 6.68. The van der Waals surface area contributed by atoms with Crippen molar-refractivity contribution < 1.29 is 98.1 Å². The second kappa shape index (κ2) is 13.2. The van der Waals surface area contributed by atoms with Crippen LogP contribution in [-0.4, -0.2) is 16.6 Å². The third-order valence-electron chi connectivity index (χ3n) is 6.72. The van der Waals surface area contributed by atoms with Gasteiger partial charge in [0.2, 0.25) is 0 Å². The Balaban J connectivity index is 0.00000253. The van der Waals surface area contributed by atoms with Gasteiger partial charge in [0.25, 0.3) is 0 Å². The van der Waals surface area contributed by atoms with E-state index in [1.165, 1.54) is 6.07 Å². The van der Waals surface area contributed by atoms with Gasteiger partial charge in [0, 0.05) is 16.7 Å². The van der Waals surface area contributed by atoms with Crippen molar-refractivity contribution in [2.75, 3.05) is 0 Å². The Morgan fingerprint density at radius 3 is 1.92 bits per heavy atom. The minimum absolute atomic E-state index is 0. The van der Waals surface area contributed by atoms with Gasteiger partial charge in [0.05, 0.1) is 5.56 Å². The standard InChI is InChI=1S/C28H31O7P.2Na.H2O/c1-15(2)20-13-23(17(5)11-25(20)29)28(22-10-8-7-9-19(22)27(30)34-28)24-14-21(16(3)4)26(12-18(24)6)35-36(31,32)33;;;/h7-16,29H,1-6H3,(H2,31,32,33);;;1H2/q;2*+1;/p-2. The molecule has 0 saturated carbocycles. The second-order valence-corrected chi connectivity index (χ2v) is 11.0. The van der Waals surface area contributed by atoms with E-state index < -0.39 is 19.4 Å². The molecule has 4 rings (SSSR count). The number of benzene rings is 3. The maximum atomic E-state index is 13.2. The van der Waals surface area contributed by atoms with Gasteiger partial charge < -0.3 is 34.2 Å². The summed E-state index contributed by atoms with van der Waals surface area (Å²) in [6.07, 6.45) is 0. The number of phosphoric acid groups is 1. The number of fused-ring (bicyclic) bond motifs is 1. The molecule has 0 amide bonds. The van der Waals surface area contributed by atoms with E-state index in [2.05, 4.69) is 0 Å². The van der Waals surface area contributed by atoms with Gasteiger partial charge in [-0.15, -0.1) is 0 Å². The molecule has 0 spiro atoms. The van der Waals surface area contributed by atoms with Crippen molar-refractivity contribution in [2.24, 2.45) is 0 Å². The Kier molecular flexibility index (Phi) is 12.2.